The number of H-pyrrole nitrogens is 1. The molecule has 0 aliphatic carbocycles. The minimum atomic E-state index is -4.59. The molecule has 11 heteroatoms. The van der Waals surface area contributed by atoms with Crippen molar-refractivity contribution >= 4 is 28.5 Å². The summed E-state index contributed by atoms with van der Waals surface area (Å²) in [5.41, 5.74) is 2.13. The summed E-state index contributed by atoms with van der Waals surface area (Å²) in [5.74, 6) is 0.0814. The molecule has 0 spiro atoms. The zero-order chi connectivity index (χ0) is 24.2. The highest BCUT2D eigenvalue weighted by Gasteiger charge is 2.37. The first-order valence-electron chi connectivity index (χ1n) is 10.3. The highest BCUT2D eigenvalue weighted by molar-refractivity contribution is 6.32. The molecule has 1 N–H and O–H groups in total. The van der Waals surface area contributed by atoms with Gasteiger partial charge >= 0.3 is 6.18 Å². The number of halogens is 4. The molecule has 0 bridgehead atoms. The first kappa shape index (κ1) is 22.1. The van der Waals surface area contributed by atoms with Crippen LogP contribution in [0.5, 0.6) is 0 Å². The molecule has 1 saturated heterocycles. The van der Waals surface area contributed by atoms with E-state index in [4.69, 9.17) is 11.6 Å². The van der Waals surface area contributed by atoms with Crippen molar-refractivity contribution in [1.29, 1.82) is 0 Å². The van der Waals surface area contributed by atoms with Gasteiger partial charge in [0.15, 0.2) is 0 Å². The minimum absolute atomic E-state index is 0.189. The number of nitrogens with one attached hydrogen (secondary N) is 1. The summed E-state index contributed by atoms with van der Waals surface area (Å²) in [6.45, 7) is 6.19. The van der Waals surface area contributed by atoms with Crippen LogP contribution in [0.2, 0.25) is 5.02 Å². The second-order valence-electron chi connectivity index (χ2n) is 8.21. The highest BCUT2D eigenvalue weighted by atomic mass is 35.5. The van der Waals surface area contributed by atoms with Crippen LogP contribution in [0.15, 0.2) is 54.9 Å². The first-order chi connectivity index (χ1) is 16.1. The fourth-order valence-corrected chi connectivity index (χ4v) is 4.44. The lowest BCUT2D eigenvalue weighted by molar-refractivity contribution is -0.137. The molecule has 1 aliphatic heterocycles. The van der Waals surface area contributed by atoms with E-state index in [1.165, 1.54) is 23.3 Å². The van der Waals surface area contributed by atoms with Crippen LogP contribution in [0.1, 0.15) is 39.8 Å². The Kier molecular flexibility index (Phi) is 5.20. The number of amides is 1. The van der Waals surface area contributed by atoms with E-state index in [9.17, 15) is 18.0 Å². The summed E-state index contributed by atoms with van der Waals surface area (Å²) in [6, 6.07) is 6.97. The molecule has 0 radical (unpaired) electrons. The Morgan fingerprint density at radius 3 is 2.65 bits per heavy atom. The summed E-state index contributed by atoms with van der Waals surface area (Å²) >= 11 is 5.85. The molecule has 5 rings (SSSR count). The third-order valence-corrected chi connectivity index (χ3v) is 6.05. The first-order valence-corrected chi connectivity index (χ1v) is 10.7. The summed E-state index contributed by atoms with van der Waals surface area (Å²) in [6.07, 6.45) is -1.14. The summed E-state index contributed by atoms with van der Waals surface area (Å²) < 4.78 is 39.8. The number of benzene rings is 2. The smallest absolute Gasteiger partial charge is 0.340 e. The van der Waals surface area contributed by atoms with E-state index in [0.29, 0.717) is 23.5 Å². The predicted molar refractivity (Wildman–Crippen MR) is 120 cm³/mol. The molecule has 2 aromatic carbocycles. The standard InChI is InChI=1S/C23H18ClF3N6O/c1-12-3-4-19(33-28-5-6-29-33)14(7-12)22(34)32-11-13(2)8-20(32)21-30-17-9-15(23(25,26)27)16(24)10-18(17)31-21/h3-7,9-10,20H,2,8,11H2,1H3,(H,30,31). The van der Waals surface area contributed by atoms with Crippen molar-refractivity contribution < 1.29 is 18.0 Å². The van der Waals surface area contributed by atoms with Crippen LogP contribution >= 0.6 is 11.6 Å². The van der Waals surface area contributed by atoms with E-state index in [1.54, 1.807) is 17.0 Å². The predicted octanol–water partition coefficient (Wildman–Crippen LogP) is 5.27. The molecule has 3 heterocycles. The fourth-order valence-electron chi connectivity index (χ4n) is 4.17. The zero-order valence-electron chi connectivity index (χ0n) is 17.9. The van der Waals surface area contributed by atoms with Crippen LogP contribution in [0.4, 0.5) is 13.2 Å². The van der Waals surface area contributed by atoms with Crippen LogP contribution in [0.3, 0.4) is 0 Å². The van der Waals surface area contributed by atoms with E-state index >= 15 is 0 Å². The number of rotatable bonds is 3. The highest BCUT2D eigenvalue weighted by Crippen LogP contribution is 2.39. The van der Waals surface area contributed by atoms with Gasteiger partial charge in [-0.05, 0) is 37.6 Å². The van der Waals surface area contributed by atoms with Crippen LogP contribution < -0.4 is 0 Å². The minimum Gasteiger partial charge on any atom is -0.340 e. The molecule has 1 atom stereocenters. The van der Waals surface area contributed by atoms with E-state index in [-0.39, 0.29) is 23.5 Å². The topological polar surface area (TPSA) is 79.7 Å². The van der Waals surface area contributed by atoms with Gasteiger partial charge in [-0.2, -0.15) is 28.2 Å². The SMILES string of the molecule is C=C1CC(c2nc3cc(Cl)c(C(F)(F)F)cc3[nH]2)N(C(=O)c2cc(C)ccc2-n2nccn2)C1. The molecule has 174 valence electrons. The third kappa shape index (κ3) is 3.83. The molecular weight excluding hydrogens is 469 g/mol. The number of alkyl halides is 3. The summed E-state index contributed by atoms with van der Waals surface area (Å²) in [5, 5.41) is 7.84. The van der Waals surface area contributed by atoms with Crippen molar-refractivity contribution in [1.82, 2.24) is 29.9 Å². The number of imidazole rings is 1. The third-order valence-electron chi connectivity index (χ3n) is 5.74. The maximum atomic E-state index is 13.7. The molecule has 1 amide bonds. The number of aryl methyl sites for hydroxylation is 1. The Bertz CT molecular complexity index is 1430. The quantitative estimate of drug-likeness (QED) is 0.400. The molecule has 0 saturated carbocycles. The monoisotopic (exact) mass is 486 g/mol. The number of carbonyl (C=O) groups excluding carboxylic acids is 1. The Morgan fingerprint density at radius 2 is 1.94 bits per heavy atom. The molecule has 2 aromatic heterocycles. The zero-order valence-corrected chi connectivity index (χ0v) is 18.7. The molecule has 1 fully saturated rings. The lowest BCUT2D eigenvalue weighted by Gasteiger charge is -2.24. The second-order valence-corrected chi connectivity index (χ2v) is 8.62. The van der Waals surface area contributed by atoms with Gasteiger partial charge in [-0.15, -0.1) is 0 Å². The van der Waals surface area contributed by atoms with Crippen molar-refractivity contribution in [3.8, 4) is 5.69 Å². The Labute approximate surface area is 196 Å². The lowest BCUT2D eigenvalue weighted by Crippen LogP contribution is -2.32. The van der Waals surface area contributed by atoms with Gasteiger partial charge in [0.1, 0.15) is 5.82 Å². The van der Waals surface area contributed by atoms with Gasteiger partial charge < -0.3 is 9.88 Å². The molecular formula is C23H18ClF3N6O. The number of fused-ring (bicyclic) bond motifs is 1. The van der Waals surface area contributed by atoms with Gasteiger partial charge in [0.05, 0.1) is 51.3 Å². The number of likely N-dealkylation sites (tertiary alicyclic amines) is 1. The average Bonchev–Trinajstić information content (AvgIpc) is 3.51. The van der Waals surface area contributed by atoms with Gasteiger partial charge in [-0.3, -0.25) is 4.79 Å². The Hall–Kier alpha value is -3.66. The van der Waals surface area contributed by atoms with E-state index in [0.717, 1.165) is 17.2 Å². The molecule has 34 heavy (non-hydrogen) atoms. The van der Waals surface area contributed by atoms with Crippen molar-refractivity contribution in [2.75, 3.05) is 6.54 Å². The van der Waals surface area contributed by atoms with Crippen LogP contribution in [0.25, 0.3) is 16.7 Å². The van der Waals surface area contributed by atoms with Gasteiger partial charge in [-0.1, -0.05) is 35.4 Å². The van der Waals surface area contributed by atoms with Gasteiger partial charge in [-0.25, -0.2) is 4.98 Å². The lowest BCUT2D eigenvalue weighted by atomic mass is 10.1. The molecule has 4 aromatic rings. The summed E-state index contributed by atoms with van der Waals surface area (Å²) in [7, 11) is 0. The molecule has 1 unspecified atom stereocenters. The molecule has 7 nitrogen and oxygen atoms in total. The largest absolute Gasteiger partial charge is 0.417 e. The van der Waals surface area contributed by atoms with Gasteiger partial charge in [0, 0.05) is 6.54 Å². The van der Waals surface area contributed by atoms with Crippen molar-refractivity contribution in [2.45, 2.75) is 25.6 Å². The fraction of sp³-hybridized carbons (Fsp3) is 0.217. The average molecular weight is 487 g/mol. The maximum Gasteiger partial charge on any atom is 0.417 e. The number of aromatic nitrogens is 5. The number of hydrogen-bond acceptors (Lipinski definition) is 4. The van der Waals surface area contributed by atoms with Crippen molar-refractivity contribution in [3.05, 3.63) is 82.4 Å². The van der Waals surface area contributed by atoms with Gasteiger partial charge in [0.25, 0.3) is 5.91 Å². The van der Waals surface area contributed by atoms with E-state index in [2.05, 4.69) is 26.7 Å². The number of carbonyl (C=O) groups is 1. The van der Waals surface area contributed by atoms with Crippen LogP contribution in [0, 0.1) is 6.92 Å². The van der Waals surface area contributed by atoms with E-state index in [1.807, 2.05) is 13.0 Å². The Morgan fingerprint density at radius 1 is 1.21 bits per heavy atom. The van der Waals surface area contributed by atoms with Crippen LogP contribution in [-0.4, -0.2) is 42.3 Å². The van der Waals surface area contributed by atoms with Crippen molar-refractivity contribution in [2.24, 2.45) is 0 Å². The maximum absolute atomic E-state index is 13.7. The summed E-state index contributed by atoms with van der Waals surface area (Å²) in [4.78, 5) is 24.1. The number of hydrogen-bond donors (Lipinski definition) is 1. The number of aromatic amines is 1. The molecule has 1 aliphatic rings. The van der Waals surface area contributed by atoms with Gasteiger partial charge in [0.2, 0.25) is 0 Å². The normalized spacial score (nSPS) is 16.6. The van der Waals surface area contributed by atoms with E-state index < -0.39 is 22.8 Å². The van der Waals surface area contributed by atoms with Crippen molar-refractivity contribution in [3.63, 3.8) is 0 Å². The Balaban J connectivity index is 1.55. The second kappa shape index (κ2) is 7.98. The number of nitrogens with zero attached hydrogens (tertiary/aromatic N) is 5. The van der Waals surface area contributed by atoms with Crippen LogP contribution in [-0.2, 0) is 6.18 Å².